The number of rotatable bonds is 4. The van der Waals surface area contributed by atoms with Gasteiger partial charge in [0.05, 0.1) is 4.90 Å². The predicted molar refractivity (Wildman–Crippen MR) is 76.1 cm³/mol. The highest BCUT2D eigenvalue weighted by molar-refractivity contribution is 7.85. The number of hydrogen-bond donors (Lipinski definition) is 3. The van der Waals surface area contributed by atoms with Crippen LogP contribution in [0.3, 0.4) is 0 Å². The molecule has 0 spiro atoms. The molecule has 0 radical (unpaired) electrons. The Morgan fingerprint density at radius 2 is 1.80 bits per heavy atom. The third-order valence-corrected chi connectivity index (χ3v) is 3.59. The minimum atomic E-state index is -4.05. The fraction of sp³-hybridized carbons (Fsp3) is 0.462. The van der Waals surface area contributed by atoms with Crippen LogP contribution in [0.5, 0.6) is 0 Å². The average Bonchev–Trinajstić information content (AvgIpc) is 2.37. The molecule has 0 aliphatic carbocycles. The van der Waals surface area contributed by atoms with Crippen LogP contribution in [0.2, 0.25) is 0 Å². The minimum Gasteiger partial charge on any atom is -0.480 e. The summed E-state index contributed by atoms with van der Waals surface area (Å²) in [5, 5.41) is 8.23. The van der Waals surface area contributed by atoms with Crippen LogP contribution in [0.15, 0.2) is 29.2 Å². The van der Waals surface area contributed by atoms with Gasteiger partial charge >= 0.3 is 5.97 Å². The highest BCUT2D eigenvalue weighted by atomic mass is 32.2. The Kier molecular flexibility index (Phi) is 7.41. The van der Waals surface area contributed by atoms with Gasteiger partial charge in [0.2, 0.25) is 0 Å². The fourth-order valence-electron chi connectivity index (χ4n) is 1.33. The van der Waals surface area contributed by atoms with Crippen LogP contribution in [-0.4, -0.2) is 30.1 Å². The number of carboxylic acids is 1. The lowest BCUT2D eigenvalue weighted by molar-refractivity contribution is -0.139. The lowest BCUT2D eigenvalue weighted by Gasteiger charge is -2.07. The van der Waals surface area contributed by atoms with Crippen molar-refractivity contribution in [2.24, 2.45) is 11.7 Å². The second kappa shape index (κ2) is 7.98. The number of hydrogen-bond acceptors (Lipinski definition) is 4. The molecule has 0 saturated heterocycles. The standard InChI is InChI=1S/C8H10O3S.C5H11NO2/c1-2-7-5-3-4-6-8(7)12(9,10)11;1-3(2)4(6)5(7)8/h3-6H,2H2,1H3,(H,9,10,11);3-4H,6H2,1-2H3,(H,7,8). The average molecular weight is 303 g/mol. The zero-order valence-corrected chi connectivity index (χ0v) is 12.6. The van der Waals surface area contributed by atoms with Crippen molar-refractivity contribution < 1.29 is 22.9 Å². The van der Waals surface area contributed by atoms with E-state index in [0.29, 0.717) is 12.0 Å². The summed E-state index contributed by atoms with van der Waals surface area (Å²) in [4.78, 5) is 10.0. The maximum atomic E-state index is 10.8. The van der Waals surface area contributed by atoms with Crippen molar-refractivity contribution in [2.45, 2.75) is 38.1 Å². The molecule has 0 aliphatic rings. The van der Waals surface area contributed by atoms with E-state index >= 15 is 0 Å². The molecular formula is C13H21NO5S. The van der Waals surface area contributed by atoms with Crippen LogP contribution in [0.25, 0.3) is 0 Å². The minimum absolute atomic E-state index is 0.00694. The van der Waals surface area contributed by atoms with E-state index in [1.165, 1.54) is 6.07 Å². The van der Waals surface area contributed by atoms with Gasteiger partial charge in [-0.2, -0.15) is 8.42 Å². The lowest BCUT2D eigenvalue weighted by Crippen LogP contribution is -2.34. The molecule has 0 aromatic heterocycles. The zero-order chi connectivity index (χ0) is 15.9. The quantitative estimate of drug-likeness (QED) is 0.726. The van der Waals surface area contributed by atoms with Crippen LogP contribution in [-0.2, 0) is 21.3 Å². The highest BCUT2D eigenvalue weighted by Gasteiger charge is 2.14. The van der Waals surface area contributed by atoms with Crippen LogP contribution >= 0.6 is 0 Å². The largest absolute Gasteiger partial charge is 0.480 e. The molecule has 0 amide bonds. The first kappa shape index (κ1) is 18.6. The number of carbonyl (C=O) groups is 1. The first-order valence-corrected chi connectivity index (χ1v) is 7.59. The third-order valence-electron chi connectivity index (χ3n) is 2.63. The molecule has 1 rings (SSSR count). The van der Waals surface area contributed by atoms with Crippen molar-refractivity contribution in [1.82, 2.24) is 0 Å². The summed E-state index contributed by atoms with van der Waals surface area (Å²) in [7, 11) is -4.05. The Hall–Kier alpha value is -1.44. The second-order valence-corrected chi connectivity index (χ2v) is 5.93. The van der Waals surface area contributed by atoms with Gasteiger partial charge in [-0.3, -0.25) is 9.35 Å². The maximum absolute atomic E-state index is 10.8. The number of carboxylic acid groups (broad SMARTS) is 1. The monoisotopic (exact) mass is 303 g/mol. The van der Waals surface area contributed by atoms with Gasteiger partial charge in [0.1, 0.15) is 6.04 Å². The molecule has 1 unspecified atom stereocenters. The summed E-state index contributed by atoms with van der Waals surface area (Å²) in [6, 6.07) is 5.70. The van der Waals surface area contributed by atoms with Crippen molar-refractivity contribution in [3.05, 3.63) is 29.8 Å². The Morgan fingerprint density at radius 3 is 2.05 bits per heavy atom. The normalized spacial score (nSPS) is 12.5. The van der Waals surface area contributed by atoms with E-state index in [0.717, 1.165) is 0 Å². The third kappa shape index (κ3) is 6.14. The van der Waals surface area contributed by atoms with Crippen LogP contribution < -0.4 is 5.73 Å². The summed E-state index contributed by atoms with van der Waals surface area (Å²) in [6.07, 6.45) is 0.593. The van der Waals surface area contributed by atoms with E-state index in [1.807, 2.05) is 6.92 Å². The molecule has 6 nitrogen and oxygen atoms in total. The lowest BCUT2D eigenvalue weighted by atomic mass is 10.1. The highest BCUT2D eigenvalue weighted by Crippen LogP contribution is 2.14. The van der Waals surface area contributed by atoms with E-state index in [-0.39, 0.29) is 10.8 Å². The molecule has 1 aromatic rings. The number of benzene rings is 1. The predicted octanol–water partition coefficient (Wildman–Crippen LogP) is 1.55. The molecule has 0 aliphatic heterocycles. The first-order valence-electron chi connectivity index (χ1n) is 6.15. The zero-order valence-electron chi connectivity index (χ0n) is 11.8. The van der Waals surface area contributed by atoms with Gasteiger partial charge in [0.25, 0.3) is 10.1 Å². The molecular weight excluding hydrogens is 282 g/mol. The molecule has 0 bridgehead atoms. The van der Waals surface area contributed by atoms with E-state index in [4.69, 9.17) is 15.4 Å². The Bertz CT molecular complexity index is 539. The number of aryl methyl sites for hydroxylation is 1. The molecule has 4 N–H and O–H groups in total. The van der Waals surface area contributed by atoms with Gasteiger partial charge in [-0.1, -0.05) is 39.0 Å². The molecule has 1 atom stereocenters. The summed E-state index contributed by atoms with van der Waals surface area (Å²) < 4.78 is 30.3. The molecule has 20 heavy (non-hydrogen) atoms. The topological polar surface area (TPSA) is 118 Å². The van der Waals surface area contributed by atoms with Gasteiger partial charge < -0.3 is 10.8 Å². The van der Waals surface area contributed by atoms with Gasteiger partial charge in [-0.05, 0) is 24.0 Å². The molecule has 0 heterocycles. The maximum Gasteiger partial charge on any atom is 0.320 e. The first-order chi connectivity index (χ1) is 9.11. The Balaban J connectivity index is 0.000000396. The van der Waals surface area contributed by atoms with E-state index in [2.05, 4.69) is 0 Å². The van der Waals surface area contributed by atoms with Crippen molar-refractivity contribution >= 4 is 16.1 Å². The molecule has 114 valence electrons. The summed E-state index contributed by atoms with van der Waals surface area (Å²) >= 11 is 0. The van der Waals surface area contributed by atoms with E-state index < -0.39 is 22.1 Å². The smallest absolute Gasteiger partial charge is 0.320 e. The van der Waals surface area contributed by atoms with Gasteiger partial charge in [-0.15, -0.1) is 0 Å². The van der Waals surface area contributed by atoms with E-state index in [1.54, 1.807) is 32.0 Å². The van der Waals surface area contributed by atoms with Crippen molar-refractivity contribution in [3.8, 4) is 0 Å². The van der Waals surface area contributed by atoms with Crippen LogP contribution in [0, 0.1) is 5.92 Å². The van der Waals surface area contributed by atoms with Gasteiger partial charge in [0.15, 0.2) is 0 Å². The van der Waals surface area contributed by atoms with Gasteiger partial charge in [0, 0.05) is 0 Å². The number of aliphatic carboxylic acids is 1. The Morgan fingerprint density at radius 1 is 1.30 bits per heavy atom. The fourth-order valence-corrected chi connectivity index (χ4v) is 2.13. The van der Waals surface area contributed by atoms with Crippen molar-refractivity contribution in [2.75, 3.05) is 0 Å². The summed E-state index contributed by atoms with van der Waals surface area (Å²) in [5.41, 5.74) is 5.80. The molecule has 0 saturated carbocycles. The van der Waals surface area contributed by atoms with Crippen molar-refractivity contribution in [3.63, 3.8) is 0 Å². The molecule has 1 aromatic carbocycles. The number of nitrogens with two attached hydrogens (primary N) is 1. The van der Waals surface area contributed by atoms with E-state index in [9.17, 15) is 13.2 Å². The second-order valence-electron chi connectivity index (χ2n) is 4.54. The Labute approximate surface area is 119 Å². The SMILES string of the molecule is CC(C)C(N)C(=O)O.CCc1ccccc1S(=O)(=O)O. The molecule has 0 fully saturated rings. The summed E-state index contributed by atoms with van der Waals surface area (Å²) in [6.45, 7) is 5.39. The molecule has 7 heteroatoms. The summed E-state index contributed by atoms with van der Waals surface area (Å²) in [5.74, 6) is -0.910. The van der Waals surface area contributed by atoms with Crippen LogP contribution in [0.4, 0.5) is 0 Å². The van der Waals surface area contributed by atoms with Crippen molar-refractivity contribution in [1.29, 1.82) is 0 Å². The van der Waals surface area contributed by atoms with Gasteiger partial charge in [-0.25, -0.2) is 0 Å². The van der Waals surface area contributed by atoms with Crippen LogP contribution in [0.1, 0.15) is 26.3 Å².